The summed E-state index contributed by atoms with van der Waals surface area (Å²) >= 11 is 1.93. The second kappa shape index (κ2) is 16.2. The predicted molar refractivity (Wildman–Crippen MR) is 115 cm³/mol. The molecule has 3 rings (SSSR count). The van der Waals surface area contributed by atoms with Crippen LogP contribution in [0.1, 0.15) is 56.1 Å². The lowest BCUT2D eigenvalue weighted by atomic mass is 9.87. The zero-order valence-electron chi connectivity index (χ0n) is 16.0. The molecule has 0 nitrogen and oxygen atoms in total. The van der Waals surface area contributed by atoms with E-state index in [1.807, 2.05) is 11.8 Å². The highest BCUT2D eigenvalue weighted by Gasteiger charge is 2.16. The summed E-state index contributed by atoms with van der Waals surface area (Å²) in [4.78, 5) is 2.89. The van der Waals surface area contributed by atoms with Gasteiger partial charge in [-0.3, -0.25) is 23.5 Å². The van der Waals surface area contributed by atoms with Crippen LogP contribution in [-0.2, 0) is 6.42 Å². The second-order valence-electron chi connectivity index (χ2n) is 6.40. The topological polar surface area (TPSA) is 0 Å². The number of rotatable bonds is 6. The molecule has 28 heavy (non-hydrogen) atoms. The van der Waals surface area contributed by atoms with Crippen molar-refractivity contribution in [1.29, 1.82) is 0 Å². The summed E-state index contributed by atoms with van der Waals surface area (Å²) < 4.78 is 0. The third-order valence-electron chi connectivity index (χ3n) is 4.63. The van der Waals surface area contributed by atoms with Crippen molar-refractivity contribution in [3.05, 3.63) is 76.7 Å². The van der Waals surface area contributed by atoms with Crippen molar-refractivity contribution in [3.63, 3.8) is 0 Å². The Labute approximate surface area is 168 Å². The van der Waals surface area contributed by atoms with Crippen molar-refractivity contribution in [2.45, 2.75) is 56.3 Å². The van der Waals surface area contributed by atoms with Gasteiger partial charge in [0.1, 0.15) is 0 Å². The van der Waals surface area contributed by atoms with Gasteiger partial charge < -0.3 is 0 Å². The lowest BCUT2D eigenvalue weighted by molar-refractivity contribution is 0.612. The molecule has 0 spiro atoms. The van der Waals surface area contributed by atoms with E-state index in [2.05, 4.69) is 67.6 Å². The Balaban J connectivity index is -0.00000125. The zero-order valence-corrected chi connectivity index (χ0v) is 16.9. The molecule has 1 aliphatic carbocycles. The highest BCUT2D eigenvalue weighted by Crippen LogP contribution is 2.39. The monoisotopic (exact) mass is 422 g/mol. The van der Waals surface area contributed by atoms with Crippen molar-refractivity contribution in [2.75, 3.05) is 0 Å². The Kier molecular flexibility index (Phi) is 17.8. The molecule has 0 saturated heterocycles. The minimum Gasteiger partial charge on any atom is -0.269 e. The molecule has 0 heterocycles. The van der Waals surface area contributed by atoms with E-state index in [1.54, 1.807) is 0 Å². The van der Waals surface area contributed by atoms with E-state index in [0.717, 1.165) is 0 Å². The quantitative estimate of drug-likeness (QED) is 0.429. The summed E-state index contributed by atoms with van der Waals surface area (Å²) in [6.07, 6.45) is 9.92. The van der Waals surface area contributed by atoms with E-state index in [4.69, 9.17) is 0 Å². The fourth-order valence-electron chi connectivity index (χ4n) is 3.18. The third-order valence-corrected chi connectivity index (χ3v) is 5.77. The molecule has 0 aromatic heterocycles. The van der Waals surface area contributed by atoms with Crippen LogP contribution in [-0.4, -0.2) is 0 Å². The van der Waals surface area contributed by atoms with E-state index < -0.39 is 0 Å². The lowest BCUT2D eigenvalue weighted by Crippen LogP contribution is -2.03. The van der Waals surface area contributed by atoms with Gasteiger partial charge in [0, 0.05) is 4.90 Å². The van der Waals surface area contributed by atoms with Gasteiger partial charge in [-0.2, -0.15) is 0 Å². The van der Waals surface area contributed by atoms with Crippen molar-refractivity contribution >= 4 is 11.8 Å². The summed E-state index contributed by atoms with van der Waals surface area (Å²) in [5.41, 5.74) is 3.01. The summed E-state index contributed by atoms with van der Waals surface area (Å²) in [7, 11) is 0. The van der Waals surface area contributed by atoms with Crippen LogP contribution in [0.3, 0.4) is 0 Å². The Bertz CT molecular complexity index is 644. The van der Waals surface area contributed by atoms with Crippen LogP contribution in [0.5, 0.6) is 0 Å². The Hall–Kier alpha value is -1.82. The van der Waals surface area contributed by atoms with Crippen molar-refractivity contribution in [2.24, 2.45) is 0 Å². The number of hydrogen-bond acceptors (Lipinski definition) is 1. The van der Waals surface area contributed by atoms with Crippen LogP contribution >= 0.6 is 11.8 Å². The van der Waals surface area contributed by atoms with Gasteiger partial charge in [-0.1, -0.05) is 73.6 Å². The first-order chi connectivity index (χ1) is 11.3. The molecule has 0 fully saturated rings. The number of benzene rings is 2. The summed E-state index contributed by atoms with van der Waals surface area (Å²) in [6, 6.07) is 20.1. The van der Waals surface area contributed by atoms with Gasteiger partial charge in [-0.15, -0.1) is 0 Å². The standard InChI is InChI=1S/C22H26S.5FH/c1-2-3-7-18-10-12-19(13-11-18)20-14-16-22(17-15-20)23-21-8-5-4-6-9-21;;;;;/h4-6,8-13,16,20H,2-3,7,14-15,17H2,1H3;5*1H. The van der Waals surface area contributed by atoms with Gasteiger partial charge in [-0.05, 0) is 66.2 Å². The molecule has 1 atom stereocenters. The average molecular weight is 423 g/mol. The lowest BCUT2D eigenvalue weighted by Gasteiger charge is -2.22. The van der Waals surface area contributed by atoms with Crippen LogP contribution in [0.25, 0.3) is 0 Å². The Morgan fingerprint density at radius 2 is 1.50 bits per heavy atom. The molecule has 2 aromatic carbocycles. The number of halogens is 5. The minimum atomic E-state index is 0. The first-order valence-corrected chi connectivity index (χ1v) is 9.67. The van der Waals surface area contributed by atoms with E-state index in [-0.39, 0.29) is 23.5 Å². The fraction of sp³-hybridized carbons (Fsp3) is 0.364. The molecule has 0 radical (unpaired) electrons. The smallest absolute Gasteiger partial charge is 0.0118 e. The molecule has 2 aromatic rings. The van der Waals surface area contributed by atoms with E-state index in [0.29, 0.717) is 5.92 Å². The molecule has 1 aliphatic rings. The predicted octanol–water partition coefficient (Wildman–Crippen LogP) is 7.74. The van der Waals surface area contributed by atoms with E-state index >= 15 is 0 Å². The molecular weight excluding hydrogens is 391 g/mol. The molecule has 0 aliphatic heterocycles. The number of thioether (sulfide) groups is 1. The maximum Gasteiger partial charge on any atom is 0.0118 e. The molecule has 1 unspecified atom stereocenters. The van der Waals surface area contributed by atoms with Crippen LogP contribution < -0.4 is 0 Å². The zero-order chi connectivity index (χ0) is 15.9. The highest BCUT2D eigenvalue weighted by molar-refractivity contribution is 8.03. The van der Waals surface area contributed by atoms with Gasteiger partial charge >= 0.3 is 0 Å². The van der Waals surface area contributed by atoms with Crippen molar-refractivity contribution in [1.82, 2.24) is 0 Å². The molecule has 0 N–H and O–H groups in total. The van der Waals surface area contributed by atoms with Crippen LogP contribution in [0.15, 0.2) is 70.5 Å². The van der Waals surface area contributed by atoms with Gasteiger partial charge in [0.2, 0.25) is 0 Å². The first kappa shape index (κ1) is 30.9. The normalized spacial score (nSPS) is 14.6. The van der Waals surface area contributed by atoms with Crippen molar-refractivity contribution < 1.29 is 23.5 Å². The first-order valence-electron chi connectivity index (χ1n) is 8.86. The van der Waals surface area contributed by atoms with Gasteiger partial charge in [-0.25, -0.2) is 0 Å². The number of unbranched alkanes of at least 4 members (excludes halogenated alkanes) is 1. The molecular formula is C22H31F5S. The van der Waals surface area contributed by atoms with Gasteiger partial charge in [0.25, 0.3) is 0 Å². The number of hydrogen-bond donors (Lipinski definition) is 0. The fourth-order valence-corrected chi connectivity index (χ4v) is 4.18. The molecule has 6 heteroatoms. The highest BCUT2D eigenvalue weighted by atomic mass is 32.2. The van der Waals surface area contributed by atoms with Gasteiger partial charge in [0.05, 0.1) is 0 Å². The summed E-state index contributed by atoms with van der Waals surface area (Å²) in [5.74, 6) is 0.704. The SMILES string of the molecule is CCCCc1ccc(C2CC=C(Sc3ccccc3)CC2)cc1.F.F.F.F.F. The summed E-state index contributed by atoms with van der Waals surface area (Å²) in [5, 5.41) is 0. The van der Waals surface area contributed by atoms with Gasteiger partial charge in [0.15, 0.2) is 0 Å². The van der Waals surface area contributed by atoms with Crippen LogP contribution in [0.2, 0.25) is 0 Å². The molecule has 160 valence electrons. The molecule has 0 bridgehead atoms. The second-order valence-corrected chi connectivity index (χ2v) is 7.60. The average Bonchev–Trinajstić information content (AvgIpc) is 2.62. The largest absolute Gasteiger partial charge is 0.269 e. The van der Waals surface area contributed by atoms with Crippen LogP contribution in [0, 0.1) is 0 Å². The Morgan fingerprint density at radius 3 is 2.04 bits per heavy atom. The number of allylic oxidation sites excluding steroid dienone is 2. The Morgan fingerprint density at radius 1 is 0.857 bits per heavy atom. The maximum absolute atomic E-state index is 2.46. The minimum absolute atomic E-state index is 0. The van der Waals surface area contributed by atoms with E-state index in [9.17, 15) is 0 Å². The maximum atomic E-state index is 2.46. The van der Waals surface area contributed by atoms with E-state index in [1.165, 1.54) is 59.5 Å². The molecule has 0 saturated carbocycles. The summed E-state index contributed by atoms with van der Waals surface area (Å²) in [6.45, 7) is 2.26. The molecule has 0 amide bonds. The number of aryl methyl sites for hydroxylation is 1. The van der Waals surface area contributed by atoms with Crippen LogP contribution in [0.4, 0.5) is 23.5 Å². The third kappa shape index (κ3) is 8.91. The van der Waals surface area contributed by atoms with Crippen molar-refractivity contribution in [3.8, 4) is 0 Å².